The zero-order valence-electron chi connectivity index (χ0n) is 25.3. The van der Waals surface area contributed by atoms with Crippen LogP contribution in [0, 0.1) is 5.92 Å². The normalized spacial score (nSPS) is 27.5. The number of rotatable bonds is 11. The Morgan fingerprint density at radius 2 is 1.41 bits per heavy atom. The number of ketones is 1. The summed E-state index contributed by atoms with van der Waals surface area (Å²) in [6, 6.07) is 0. The molecule has 41 heavy (non-hydrogen) atoms. The van der Waals surface area contributed by atoms with E-state index in [1.165, 1.54) is 52.8 Å². The van der Waals surface area contributed by atoms with Gasteiger partial charge in [-0.1, -0.05) is 24.8 Å². The maximum atomic E-state index is 13.5. The van der Waals surface area contributed by atoms with Crippen molar-refractivity contribution in [2.45, 2.75) is 110 Å². The molecule has 0 amide bonds. The second-order valence-electron chi connectivity index (χ2n) is 11.0. The Morgan fingerprint density at radius 1 is 0.976 bits per heavy atom. The Balaban J connectivity index is 3.57. The Labute approximate surface area is 241 Å². The van der Waals surface area contributed by atoms with Crippen LogP contribution < -0.4 is 0 Å². The fourth-order valence-electron chi connectivity index (χ4n) is 4.07. The van der Waals surface area contributed by atoms with E-state index in [0.29, 0.717) is 0 Å². The van der Waals surface area contributed by atoms with Crippen LogP contribution in [0.15, 0.2) is 47.1 Å². The standard InChI is InChI=1S/C30H44O11/c1-11-15(4)26(34)39-20(29(8,9)37)14-19(31)18(7)21-22(32)25(41-28(36)17(6)13-3)30(10,38)24(33)23(21)40-27(35)16(5)12-2/h11-13,19-23,25,31-32,37-38H,7,14H2,1-6,8-10H3/b15-11-,16-12-,17-13-/t19?,20?,21-,22-,23+,25-,30-/m1/s1. The van der Waals surface area contributed by atoms with Crippen molar-refractivity contribution in [3.63, 3.8) is 0 Å². The third-order valence-corrected chi connectivity index (χ3v) is 7.38. The second kappa shape index (κ2) is 14.2. The first-order valence-electron chi connectivity index (χ1n) is 13.3. The number of aliphatic hydroxyl groups excluding tert-OH is 2. The molecule has 1 fully saturated rings. The minimum Gasteiger partial charge on any atom is -0.456 e. The highest BCUT2D eigenvalue weighted by Gasteiger charge is 2.60. The Bertz CT molecular complexity index is 1120. The van der Waals surface area contributed by atoms with Crippen molar-refractivity contribution in [2.75, 3.05) is 0 Å². The zero-order valence-corrected chi connectivity index (χ0v) is 25.3. The molecule has 0 radical (unpaired) electrons. The first-order valence-corrected chi connectivity index (χ1v) is 13.3. The lowest BCUT2D eigenvalue weighted by Gasteiger charge is -2.47. The Kier molecular flexibility index (Phi) is 12.4. The van der Waals surface area contributed by atoms with Gasteiger partial charge in [-0.25, -0.2) is 14.4 Å². The second-order valence-corrected chi connectivity index (χ2v) is 11.0. The summed E-state index contributed by atoms with van der Waals surface area (Å²) in [5.74, 6) is -5.23. The van der Waals surface area contributed by atoms with Crippen LogP contribution in [0.1, 0.15) is 68.7 Å². The van der Waals surface area contributed by atoms with Gasteiger partial charge in [-0.05, 0) is 67.9 Å². The molecule has 2 unspecified atom stereocenters. The van der Waals surface area contributed by atoms with Crippen LogP contribution in [0.3, 0.4) is 0 Å². The van der Waals surface area contributed by atoms with Gasteiger partial charge in [0.25, 0.3) is 0 Å². The summed E-state index contributed by atoms with van der Waals surface area (Å²) < 4.78 is 16.2. The van der Waals surface area contributed by atoms with Gasteiger partial charge >= 0.3 is 17.9 Å². The van der Waals surface area contributed by atoms with Gasteiger partial charge in [0.1, 0.15) is 12.2 Å². The predicted molar refractivity (Wildman–Crippen MR) is 149 cm³/mol. The van der Waals surface area contributed by atoms with E-state index >= 15 is 0 Å². The van der Waals surface area contributed by atoms with E-state index in [2.05, 4.69) is 6.58 Å². The number of Topliss-reactive ketones (excluding diaryl/α,β-unsaturated/α-hetero) is 1. The molecule has 0 aromatic carbocycles. The molecule has 0 spiro atoms. The van der Waals surface area contributed by atoms with Crippen molar-refractivity contribution in [1.29, 1.82) is 0 Å². The minimum atomic E-state index is -2.49. The van der Waals surface area contributed by atoms with Gasteiger partial charge in [0.15, 0.2) is 17.8 Å². The highest BCUT2D eigenvalue weighted by molar-refractivity contribution is 5.97. The summed E-state index contributed by atoms with van der Waals surface area (Å²) in [6.45, 7) is 16.7. The van der Waals surface area contributed by atoms with Crippen molar-refractivity contribution in [1.82, 2.24) is 0 Å². The van der Waals surface area contributed by atoms with Crippen LogP contribution in [0.25, 0.3) is 0 Å². The summed E-state index contributed by atoms with van der Waals surface area (Å²) >= 11 is 0. The molecule has 1 saturated carbocycles. The summed E-state index contributed by atoms with van der Waals surface area (Å²) in [6.07, 6.45) is -4.48. The van der Waals surface area contributed by atoms with Gasteiger partial charge in [-0.15, -0.1) is 0 Å². The van der Waals surface area contributed by atoms with E-state index in [-0.39, 0.29) is 22.3 Å². The van der Waals surface area contributed by atoms with Crippen molar-refractivity contribution in [2.24, 2.45) is 5.92 Å². The number of carbonyl (C=O) groups is 4. The van der Waals surface area contributed by atoms with Gasteiger partial charge in [-0.2, -0.15) is 0 Å². The van der Waals surface area contributed by atoms with Crippen LogP contribution in [0.2, 0.25) is 0 Å². The van der Waals surface area contributed by atoms with E-state index in [1.807, 2.05) is 0 Å². The summed E-state index contributed by atoms with van der Waals surface area (Å²) in [5.41, 5.74) is -3.84. The van der Waals surface area contributed by atoms with Crippen LogP contribution in [-0.2, 0) is 33.4 Å². The minimum absolute atomic E-state index is 0.127. The van der Waals surface area contributed by atoms with E-state index in [9.17, 15) is 39.6 Å². The highest BCUT2D eigenvalue weighted by atomic mass is 16.6. The monoisotopic (exact) mass is 580 g/mol. The molecule has 0 aromatic rings. The first-order chi connectivity index (χ1) is 18.8. The average molecular weight is 581 g/mol. The van der Waals surface area contributed by atoms with Crippen molar-refractivity contribution < 1.29 is 53.8 Å². The lowest BCUT2D eigenvalue weighted by molar-refractivity contribution is -0.210. The SMILES string of the molecule is C=C(C(O)CC(OC(=O)/C(C)=C\C)C(C)(C)O)[C@@H]1[C@@H](O)[C@@H](OC(=O)/C(C)=C\C)[C@](C)(O)C(=O)[C@H]1OC(=O)/C(C)=C\C. The third kappa shape index (κ3) is 8.45. The van der Waals surface area contributed by atoms with Crippen LogP contribution in [0.4, 0.5) is 0 Å². The Hall–Kier alpha value is -3.12. The molecule has 0 bridgehead atoms. The predicted octanol–water partition coefficient (Wildman–Crippen LogP) is 2.01. The molecular weight excluding hydrogens is 536 g/mol. The lowest BCUT2D eigenvalue weighted by Crippen LogP contribution is -2.68. The van der Waals surface area contributed by atoms with E-state index < -0.39 is 77.8 Å². The van der Waals surface area contributed by atoms with E-state index in [4.69, 9.17) is 14.2 Å². The smallest absolute Gasteiger partial charge is 0.334 e. The summed E-state index contributed by atoms with van der Waals surface area (Å²) in [4.78, 5) is 51.2. The van der Waals surface area contributed by atoms with Gasteiger partial charge in [0.2, 0.25) is 5.78 Å². The molecule has 0 heterocycles. The lowest BCUT2D eigenvalue weighted by atomic mass is 9.68. The molecule has 1 aliphatic rings. The van der Waals surface area contributed by atoms with Crippen LogP contribution in [-0.4, -0.2) is 85.8 Å². The van der Waals surface area contributed by atoms with Gasteiger partial charge in [0, 0.05) is 23.1 Å². The number of esters is 3. The fourth-order valence-corrected chi connectivity index (χ4v) is 4.07. The molecule has 1 aliphatic carbocycles. The van der Waals surface area contributed by atoms with Gasteiger partial charge in [-0.3, -0.25) is 4.79 Å². The fraction of sp³-hybridized carbons (Fsp3) is 0.600. The van der Waals surface area contributed by atoms with Gasteiger partial charge < -0.3 is 34.6 Å². The number of hydrogen-bond donors (Lipinski definition) is 4. The number of ether oxygens (including phenoxy) is 3. The molecule has 1 rings (SSSR count). The van der Waals surface area contributed by atoms with Crippen molar-refractivity contribution in [3.8, 4) is 0 Å². The van der Waals surface area contributed by atoms with Crippen LogP contribution >= 0.6 is 0 Å². The van der Waals surface area contributed by atoms with Gasteiger partial charge in [0.05, 0.1) is 17.6 Å². The maximum Gasteiger partial charge on any atom is 0.334 e. The number of carbonyl (C=O) groups excluding carboxylic acids is 4. The number of allylic oxidation sites excluding steroid dienone is 3. The highest BCUT2D eigenvalue weighted by Crippen LogP contribution is 2.40. The van der Waals surface area contributed by atoms with Crippen molar-refractivity contribution in [3.05, 3.63) is 47.1 Å². The molecule has 0 saturated heterocycles. The topological polar surface area (TPSA) is 177 Å². The number of hydrogen-bond acceptors (Lipinski definition) is 11. The van der Waals surface area contributed by atoms with E-state index in [1.54, 1.807) is 20.8 Å². The van der Waals surface area contributed by atoms with Crippen molar-refractivity contribution >= 4 is 23.7 Å². The number of aliphatic hydroxyl groups is 4. The quantitative estimate of drug-likeness (QED) is 0.122. The summed E-state index contributed by atoms with van der Waals surface area (Å²) in [5, 5.41) is 44.3. The molecule has 11 nitrogen and oxygen atoms in total. The van der Waals surface area contributed by atoms with E-state index in [0.717, 1.165) is 6.92 Å². The third-order valence-electron chi connectivity index (χ3n) is 7.38. The zero-order chi connectivity index (χ0) is 32.0. The molecule has 4 N–H and O–H groups in total. The molecule has 0 aromatic heterocycles. The van der Waals surface area contributed by atoms with Crippen LogP contribution in [0.5, 0.6) is 0 Å². The molecule has 7 atom stereocenters. The molecule has 0 aliphatic heterocycles. The average Bonchev–Trinajstić information content (AvgIpc) is 2.90. The molecular formula is C30H44O11. The summed E-state index contributed by atoms with van der Waals surface area (Å²) in [7, 11) is 0. The Morgan fingerprint density at radius 3 is 1.85 bits per heavy atom. The molecule has 230 valence electrons. The molecule has 11 heteroatoms. The first kappa shape index (κ1) is 35.9. The largest absolute Gasteiger partial charge is 0.456 e. The maximum absolute atomic E-state index is 13.5.